The minimum absolute atomic E-state index is 0.849. The third kappa shape index (κ3) is 3.39. The number of unbranched alkanes of at least 4 members (excludes halogenated alkanes) is 2. The molecule has 2 nitrogen and oxygen atoms in total. The van der Waals surface area contributed by atoms with Gasteiger partial charge < -0.3 is 4.57 Å². The molecule has 0 radical (unpaired) electrons. The minimum Gasteiger partial charge on any atom is -0.341 e. The number of fused-ring (bicyclic) bond motifs is 3. The smallest absolute Gasteiger partial charge is 0.0492 e. The van der Waals surface area contributed by atoms with E-state index >= 15 is 0 Å². The molecule has 3 aromatic rings. The SMILES string of the molecule is CCCC[SH](=O)(CCCC)c1ccc2c(c1)c1ccccc1n2CC. The summed E-state index contributed by atoms with van der Waals surface area (Å²) in [5.74, 6) is 1.70. The van der Waals surface area contributed by atoms with Crippen molar-refractivity contribution in [3.63, 3.8) is 0 Å². The molecule has 0 bridgehead atoms. The number of aromatic nitrogens is 1. The van der Waals surface area contributed by atoms with Gasteiger partial charge in [-0.2, -0.15) is 0 Å². The van der Waals surface area contributed by atoms with E-state index in [0.29, 0.717) is 0 Å². The van der Waals surface area contributed by atoms with Crippen molar-refractivity contribution in [2.75, 3.05) is 11.5 Å². The zero-order valence-electron chi connectivity index (χ0n) is 15.8. The number of rotatable bonds is 8. The second-order valence-electron chi connectivity index (χ2n) is 7.01. The van der Waals surface area contributed by atoms with Crippen molar-refractivity contribution in [2.24, 2.45) is 0 Å². The molecule has 0 N–H and O–H groups in total. The van der Waals surface area contributed by atoms with E-state index in [-0.39, 0.29) is 0 Å². The molecule has 1 aromatic heterocycles. The van der Waals surface area contributed by atoms with Crippen LogP contribution in [-0.2, 0) is 16.5 Å². The van der Waals surface area contributed by atoms with E-state index in [4.69, 9.17) is 0 Å². The summed E-state index contributed by atoms with van der Waals surface area (Å²) in [4.78, 5) is 1.08. The van der Waals surface area contributed by atoms with Crippen molar-refractivity contribution in [1.29, 1.82) is 0 Å². The summed E-state index contributed by atoms with van der Waals surface area (Å²) in [6, 6.07) is 15.1. The summed E-state index contributed by atoms with van der Waals surface area (Å²) >= 11 is 0. The van der Waals surface area contributed by atoms with E-state index in [2.05, 4.69) is 67.8 Å². The van der Waals surface area contributed by atoms with Crippen LogP contribution < -0.4 is 0 Å². The molecule has 1 heterocycles. The van der Waals surface area contributed by atoms with Crippen molar-refractivity contribution in [1.82, 2.24) is 4.57 Å². The van der Waals surface area contributed by atoms with Gasteiger partial charge in [0.25, 0.3) is 0 Å². The average molecular weight is 358 g/mol. The molecule has 0 aliphatic rings. The lowest BCUT2D eigenvalue weighted by molar-refractivity contribution is 0.661. The van der Waals surface area contributed by atoms with Crippen LogP contribution >= 0.6 is 0 Å². The van der Waals surface area contributed by atoms with E-state index in [1.54, 1.807) is 0 Å². The molecule has 2 aromatic carbocycles. The van der Waals surface area contributed by atoms with Crippen molar-refractivity contribution < 1.29 is 4.21 Å². The summed E-state index contributed by atoms with van der Waals surface area (Å²) in [5, 5.41) is 2.53. The molecule has 3 heteroatoms. The van der Waals surface area contributed by atoms with Crippen molar-refractivity contribution in [2.45, 2.75) is 57.9 Å². The zero-order valence-corrected chi connectivity index (χ0v) is 16.7. The summed E-state index contributed by atoms with van der Waals surface area (Å²) < 4.78 is 16.1. The predicted molar refractivity (Wildman–Crippen MR) is 112 cm³/mol. The average Bonchev–Trinajstić information content (AvgIpc) is 2.97. The van der Waals surface area contributed by atoms with E-state index < -0.39 is 9.93 Å². The Morgan fingerprint density at radius 3 is 2.12 bits per heavy atom. The van der Waals surface area contributed by atoms with Gasteiger partial charge in [0.2, 0.25) is 0 Å². The number of para-hydroxylation sites is 1. The topological polar surface area (TPSA) is 22.0 Å². The monoisotopic (exact) mass is 357 g/mol. The fraction of sp³-hybridized carbons (Fsp3) is 0.455. The number of thiol groups is 1. The van der Waals surface area contributed by atoms with Crippen molar-refractivity contribution in [3.8, 4) is 0 Å². The summed E-state index contributed by atoms with van der Waals surface area (Å²) in [6.07, 6.45) is 4.31. The van der Waals surface area contributed by atoms with Crippen LogP contribution in [0, 0.1) is 0 Å². The first-order valence-corrected chi connectivity index (χ1v) is 11.8. The largest absolute Gasteiger partial charge is 0.341 e. The van der Waals surface area contributed by atoms with Gasteiger partial charge in [0.15, 0.2) is 0 Å². The van der Waals surface area contributed by atoms with Gasteiger partial charge in [-0.05, 0) is 44.0 Å². The Morgan fingerprint density at radius 2 is 1.48 bits per heavy atom. The fourth-order valence-electron chi connectivity index (χ4n) is 3.83. The molecule has 0 atom stereocenters. The van der Waals surface area contributed by atoms with Crippen molar-refractivity contribution >= 4 is 31.7 Å². The molecule has 0 aliphatic heterocycles. The van der Waals surface area contributed by atoms with Crippen LogP contribution in [0.25, 0.3) is 21.8 Å². The number of benzene rings is 2. The molecule has 0 fully saturated rings. The maximum absolute atomic E-state index is 13.8. The summed E-state index contributed by atoms with van der Waals surface area (Å²) in [5.41, 5.74) is 2.53. The number of aryl methyl sites for hydroxylation is 1. The standard InChI is InChI=1S/C22H31NOS/c1-4-7-15-25(24,16-8-5-2)18-13-14-22-20(17-18)19-11-9-10-12-21(19)23(22)6-3/h9-14,17,25H,4-8,15-16H2,1-3H3. The van der Waals surface area contributed by atoms with Gasteiger partial charge in [-0.3, -0.25) is 4.21 Å². The third-order valence-electron chi connectivity index (χ3n) is 5.29. The molecule has 0 saturated carbocycles. The fourth-order valence-corrected chi connectivity index (χ4v) is 6.94. The molecular weight excluding hydrogens is 326 g/mol. The normalized spacial score (nSPS) is 12.9. The van der Waals surface area contributed by atoms with Gasteiger partial charge in [0, 0.05) is 44.8 Å². The van der Waals surface area contributed by atoms with Gasteiger partial charge in [-0.1, -0.05) is 54.8 Å². The van der Waals surface area contributed by atoms with Crippen LogP contribution in [0.5, 0.6) is 0 Å². The lowest BCUT2D eigenvalue weighted by atomic mass is 10.1. The molecule has 0 saturated heterocycles. The highest BCUT2D eigenvalue weighted by Crippen LogP contribution is 2.33. The highest BCUT2D eigenvalue weighted by atomic mass is 32.2. The van der Waals surface area contributed by atoms with E-state index in [0.717, 1.165) is 48.6 Å². The molecule has 3 rings (SSSR count). The molecule has 136 valence electrons. The second-order valence-corrected chi connectivity index (χ2v) is 10.2. The first-order chi connectivity index (χ1) is 12.1. The molecule has 0 amide bonds. The molecule has 0 aliphatic carbocycles. The second kappa shape index (κ2) is 7.74. The van der Waals surface area contributed by atoms with Gasteiger partial charge >= 0.3 is 0 Å². The van der Waals surface area contributed by atoms with Crippen LogP contribution in [0.3, 0.4) is 0 Å². The van der Waals surface area contributed by atoms with Crippen LogP contribution in [0.2, 0.25) is 0 Å². The Kier molecular flexibility index (Phi) is 5.63. The highest BCUT2D eigenvalue weighted by molar-refractivity contribution is 8.03. The van der Waals surface area contributed by atoms with Crippen molar-refractivity contribution in [3.05, 3.63) is 42.5 Å². The van der Waals surface area contributed by atoms with E-state index in [9.17, 15) is 4.21 Å². The molecular formula is C22H31NOS. The highest BCUT2D eigenvalue weighted by Gasteiger charge is 2.19. The minimum atomic E-state index is -2.30. The maximum atomic E-state index is 13.8. The number of hydrogen-bond donors (Lipinski definition) is 1. The maximum Gasteiger partial charge on any atom is 0.0492 e. The van der Waals surface area contributed by atoms with Crippen LogP contribution in [0.1, 0.15) is 46.5 Å². The Balaban J connectivity index is 2.16. The third-order valence-corrected chi connectivity index (χ3v) is 8.59. The summed E-state index contributed by atoms with van der Waals surface area (Å²) in [7, 11) is -2.30. The van der Waals surface area contributed by atoms with Gasteiger partial charge in [-0.25, -0.2) is 0 Å². The number of hydrogen-bond acceptors (Lipinski definition) is 1. The van der Waals surface area contributed by atoms with Gasteiger partial charge in [0.1, 0.15) is 0 Å². The zero-order chi connectivity index (χ0) is 17.9. The number of nitrogens with zero attached hydrogens (tertiary/aromatic N) is 1. The lowest BCUT2D eigenvalue weighted by Gasteiger charge is -2.24. The quantitative estimate of drug-likeness (QED) is 0.506. The molecule has 0 unspecified atom stereocenters. The van der Waals surface area contributed by atoms with Gasteiger partial charge in [-0.15, -0.1) is 0 Å². The van der Waals surface area contributed by atoms with E-state index in [1.165, 1.54) is 21.8 Å². The molecule has 25 heavy (non-hydrogen) atoms. The van der Waals surface area contributed by atoms with Gasteiger partial charge in [0.05, 0.1) is 0 Å². The summed E-state index contributed by atoms with van der Waals surface area (Å²) in [6.45, 7) is 7.50. The van der Waals surface area contributed by atoms with Crippen LogP contribution in [0.4, 0.5) is 0 Å². The van der Waals surface area contributed by atoms with Crippen LogP contribution in [0.15, 0.2) is 47.4 Å². The Morgan fingerprint density at radius 1 is 0.840 bits per heavy atom. The Labute approximate surface area is 152 Å². The first-order valence-electron chi connectivity index (χ1n) is 9.74. The Bertz CT molecular complexity index is 897. The van der Waals surface area contributed by atoms with E-state index in [1.807, 2.05) is 0 Å². The Hall–Kier alpha value is -1.61. The van der Waals surface area contributed by atoms with Crippen LogP contribution in [-0.4, -0.2) is 20.3 Å². The predicted octanol–water partition coefficient (Wildman–Crippen LogP) is 5.79. The lowest BCUT2D eigenvalue weighted by Crippen LogP contribution is -2.21. The first kappa shape index (κ1) is 18.2. The molecule has 0 spiro atoms.